The van der Waals surface area contributed by atoms with E-state index in [1.165, 1.54) is 0 Å². The van der Waals surface area contributed by atoms with E-state index in [1.807, 2.05) is 6.92 Å². The summed E-state index contributed by atoms with van der Waals surface area (Å²) in [6.07, 6.45) is 1.10. The number of hydrogen-bond donors (Lipinski definition) is 1. The van der Waals surface area contributed by atoms with Gasteiger partial charge in [0.05, 0.1) is 12.7 Å². The lowest BCUT2D eigenvalue weighted by molar-refractivity contribution is -0.121. The molecule has 2 atom stereocenters. The zero-order valence-corrected chi connectivity index (χ0v) is 5.46. The molecule has 3 heteroatoms. The minimum atomic E-state index is -0.231. The van der Waals surface area contributed by atoms with Crippen molar-refractivity contribution in [1.29, 1.82) is 0 Å². The third-order valence-corrected chi connectivity index (χ3v) is 1.50. The van der Waals surface area contributed by atoms with Gasteiger partial charge in [0.25, 0.3) is 0 Å². The fourth-order valence-corrected chi connectivity index (χ4v) is 0.715. The molecule has 0 saturated carbocycles. The minimum absolute atomic E-state index is 0.0301. The second kappa shape index (κ2) is 2.35. The Labute approximate surface area is 54.2 Å². The summed E-state index contributed by atoms with van der Waals surface area (Å²) in [5.74, 6) is -0.261. The number of ether oxygens (including phenoxy) is 1. The van der Waals surface area contributed by atoms with E-state index in [-0.39, 0.29) is 11.8 Å². The number of hydrogen-bond acceptors (Lipinski definition) is 2. The molecule has 1 saturated heterocycles. The first-order valence-corrected chi connectivity index (χ1v) is 3.11. The second-order valence-corrected chi connectivity index (χ2v) is 2.49. The van der Waals surface area contributed by atoms with Crippen LogP contribution in [0.1, 0.15) is 13.3 Å². The largest absolute Gasteiger partial charge is 0.373 e. The summed E-state index contributed by atoms with van der Waals surface area (Å²) in [5.41, 5.74) is 5.02. The Morgan fingerprint density at radius 2 is 2.56 bits per heavy atom. The van der Waals surface area contributed by atoms with Crippen molar-refractivity contribution in [1.82, 2.24) is 0 Å². The molecular weight excluding hydrogens is 118 g/mol. The first kappa shape index (κ1) is 6.55. The van der Waals surface area contributed by atoms with E-state index >= 15 is 0 Å². The summed E-state index contributed by atoms with van der Waals surface area (Å²) >= 11 is 0. The molecule has 3 nitrogen and oxygen atoms in total. The molecule has 0 aromatic rings. The Morgan fingerprint density at radius 3 is 2.89 bits per heavy atom. The summed E-state index contributed by atoms with van der Waals surface area (Å²) in [6.45, 7) is 2.63. The van der Waals surface area contributed by atoms with Crippen LogP contribution < -0.4 is 5.73 Å². The maximum atomic E-state index is 10.4. The summed E-state index contributed by atoms with van der Waals surface area (Å²) < 4.78 is 4.92. The minimum Gasteiger partial charge on any atom is -0.373 e. The van der Waals surface area contributed by atoms with E-state index in [1.54, 1.807) is 0 Å². The van der Waals surface area contributed by atoms with Gasteiger partial charge in [-0.05, 0) is 6.42 Å². The number of amides is 1. The average Bonchev–Trinajstić information content (AvgIpc) is 2.50. The normalized spacial score (nSPS) is 27.4. The monoisotopic (exact) mass is 129 g/mol. The molecule has 9 heavy (non-hydrogen) atoms. The highest BCUT2D eigenvalue weighted by Gasteiger charge is 2.26. The van der Waals surface area contributed by atoms with Gasteiger partial charge >= 0.3 is 0 Å². The molecule has 0 spiro atoms. The number of primary amides is 1. The second-order valence-electron chi connectivity index (χ2n) is 2.49. The van der Waals surface area contributed by atoms with Crippen LogP contribution in [0.5, 0.6) is 0 Å². The van der Waals surface area contributed by atoms with Gasteiger partial charge in [0.2, 0.25) is 5.91 Å². The first-order chi connectivity index (χ1) is 4.20. The van der Waals surface area contributed by atoms with E-state index < -0.39 is 0 Å². The molecule has 0 bridgehead atoms. The van der Waals surface area contributed by atoms with Crippen molar-refractivity contribution in [3.63, 3.8) is 0 Å². The van der Waals surface area contributed by atoms with E-state index in [4.69, 9.17) is 10.5 Å². The lowest BCUT2D eigenvalue weighted by Gasteiger charge is -2.01. The van der Waals surface area contributed by atoms with Gasteiger partial charge in [-0.2, -0.15) is 0 Å². The topological polar surface area (TPSA) is 55.6 Å². The fourth-order valence-electron chi connectivity index (χ4n) is 0.715. The highest BCUT2D eigenvalue weighted by molar-refractivity contribution is 5.76. The van der Waals surface area contributed by atoms with Crippen molar-refractivity contribution in [3.8, 4) is 0 Å². The molecule has 1 fully saturated rings. The van der Waals surface area contributed by atoms with Crippen LogP contribution in [-0.4, -0.2) is 18.6 Å². The third-order valence-electron chi connectivity index (χ3n) is 1.50. The molecule has 1 aliphatic heterocycles. The maximum Gasteiger partial charge on any atom is 0.220 e. The number of rotatable bonds is 3. The molecule has 1 amide bonds. The summed E-state index contributed by atoms with van der Waals surface area (Å²) in [7, 11) is 0. The smallest absolute Gasteiger partial charge is 0.220 e. The van der Waals surface area contributed by atoms with Gasteiger partial charge in [-0.3, -0.25) is 4.79 Å². The predicted molar refractivity (Wildman–Crippen MR) is 32.7 cm³/mol. The van der Waals surface area contributed by atoms with Crippen molar-refractivity contribution >= 4 is 5.91 Å². The molecule has 0 aromatic carbocycles. The van der Waals surface area contributed by atoms with E-state index in [0.717, 1.165) is 13.0 Å². The summed E-state index contributed by atoms with van der Waals surface area (Å²) in [5, 5.41) is 0. The van der Waals surface area contributed by atoms with Gasteiger partial charge in [-0.15, -0.1) is 0 Å². The quantitative estimate of drug-likeness (QED) is 0.541. The van der Waals surface area contributed by atoms with E-state index in [0.29, 0.717) is 6.10 Å². The lowest BCUT2D eigenvalue weighted by atomic mass is 10.1. The molecule has 1 aliphatic rings. The molecule has 0 radical (unpaired) electrons. The van der Waals surface area contributed by atoms with Gasteiger partial charge in [-0.25, -0.2) is 0 Å². The van der Waals surface area contributed by atoms with Gasteiger partial charge in [0.1, 0.15) is 0 Å². The molecule has 0 aromatic heterocycles. The van der Waals surface area contributed by atoms with Crippen molar-refractivity contribution < 1.29 is 9.53 Å². The van der Waals surface area contributed by atoms with Crippen LogP contribution in [0.25, 0.3) is 0 Å². The van der Waals surface area contributed by atoms with Crippen molar-refractivity contribution in [3.05, 3.63) is 0 Å². The van der Waals surface area contributed by atoms with Crippen LogP contribution in [0.2, 0.25) is 0 Å². The average molecular weight is 129 g/mol. The highest BCUT2D eigenvalue weighted by atomic mass is 16.6. The van der Waals surface area contributed by atoms with Crippen LogP contribution >= 0.6 is 0 Å². The van der Waals surface area contributed by atoms with Crippen molar-refractivity contribution in [2.75, 3.05) is 6.61 Å². The molecule has 2 unspecified atom stereocenters. The Hall–Kier alpha value is -0.570. The molecule has 0 aliphatic carbocycles. The Morgan fingerprint density at radius 1 is 2.00 bits per heavy atom. The number of epoxide rings is 1. The predicted octanol–water partition coefficient (Wildman–Crippen LogP) is -0.103. The van der Waals surface area contributed by atoms with Crippen LogP contribution in [0.15, 0.2) is 0 Å². The van der Waals surface area contributed by atoms with Gasteiger partial charge in [0, 0.05) is 5.92 Å². The molecule has 2 N–H and O–H groups in total. The molecule has 1 rings (SSSR count). The number of carbonyl (C=O) groups is 1. The van der Waals surface area contributed by atoms with Crippen LogP contribution in [0.4, 0.5) is 0 Å². The number of nitrogens with two attached hydrogens (primary N) is 1. The van der Waals surface area contributed by atoms with Gasteiger partial charge in [-0.1, -0.05) is 6.92 Å². The zero-order chi connectivity index (χ0) is 6.85. The Balaban J connectivity index is 2.16. The maximum absolute atomic E-state index is 10.4. The van der Waals surface area contributed by atoms with Crippen LogP contribution in [-0.2, 0) is 9.53 Å². The molecular formula is C6H11NO2. The third kappa shape index (κ3) is 2.01. The van der Waals surface area contributed by atoms with E-state index in [2.05, 4.69) is 0 Å². The lowest BCUT2D eigenvalue weighted by Crippen LogP contribution is -2.21. The van der Waals surface area contributed by atoms with Crippen molar-refractivity contribution in [2.24, 2.45) is 11.7 Å². The zero-order valence-electron chi connectivity index (χ0n) is 5.46. The SMILES string of the molecule is CC(CC1CO1)C(N)=O. The van der Waals surface area contributed by atoms with Gasteiger partial charge in [0.15, 0.2) is 0 Å². The fraction of sp³-hybridized carbons (Fsp3) is 0.833. The summed E-state index contributed by atoms with van der Waals surface area (Å²) in [4.78, 5) is 10.4. The number of carbonyl (C=O) groups excluding carboxylic acids is 1. The summed E-state index contributed by atoms with van der Waals surface area (Å²) in [6, 6.07) is 0. The van der Waals surface area contributed by atoms with Crippen LogP contribution in [0, 0.1) is 5.92 Å². The molecule has 1 heterocycles. The van der Waals surface area contributed by atoms with Crippen LogP contribution in [0.3, 0.4) is 0 Å². The first-order valence-electron chi connectivity index (χ1n) is 3.11. The standard InChI is InChI=1S/C6H11NO2/c1-4(6(7)8)2-5-3-9-5/h4-5H,2-3H2,1H3,(H2,7,8). The van der Waals surface area contributed by atoms with E-state index in [9.17, 15) is 4.79 Å². The molecule has 52 valence electrons. The van der Waals surface area contributed by atoms with Gasteiger partial charge < -0.3 is 10.5 Å². The highest BCUT2D eigenvalue weighted by Crippen LogP contribution is 2.18. The van der Waals surface area contributed by atoms with Crippen molar-refractivity contribution in [2.45, 2.75) is 19.4 Å². The Bertz CT molecular complexity index is 120. The Kier molecular flexibility index (Phi) is 1.71.